The third-order valence-corrected chi connectivity index (χ3v) is 5.00. The Hall–Kier alpha value is -2.21. The van der Waals surface area contributed by atoms with Crippen LogP contribution >= 0.6 is 11.8 Å². The lowest BCUT2D eigenvalue weighted by molar-refractivity contribution is -0.115. The van der Waals surface area contributed by atoms with Gasteiger partial charge in [0.05, 0.1) is 12.3 Å². The summed E-state index contributed by atoms with van der Waals surface area (Å²) in [5, 5.41) is 2.92. The predicted octanol–water partition coefficient (Wildman–Crippen LogP) is 4.67. The number of rotatable bonds is 7. The minimum atomic E-state index is -0.260. The van der Waals surface area contributed by atoms with Crippen LogP contribution in [0.3, 0.4) is 0 Å². The van der Waals surface area contributed by atoms with Gasteiger partial charge < -0.3 is 14.8 Å². The van der Waals surface area contributed by atoms with Crippen LogP contribution in [-0.4, -0.2) is 24.4 Å². The van der Waals surface area contributed by atoms with Crippen molar-refractivity contribution in [2.24, 2.45) is 0 Å². The summed E-state index contributed by atoms with van der Waals surface area (Å²) >= 11 is 1.52. The molecule has 0 fully saturated rings. The molecule has 0 radical (unpaired) electrons. The molecule has 1 N–H and O–H groups in total. The van der Waals surface area contributed by atoms with Crippen molar-refractivity contribution < 1.29 is 18.7 Å². The van der Waals surface area contributed by atoms with Crippen LogP contribution in [-0.2, 0) is 11.2 Å². The highest BCUT2D eigenvalue weighted by molar-refractivity contribution is 7.99. The molecule has 0 aromatic heterocycles. The summed E-state index contributed by atoms with van der Waals surface area (Å²) in [6, 6.07) is 10.1. The average molecular weight is 375 g/mol. The van der Waals surface area contributed by atoms with Crippen LogP contribution in [0.1, 0.15) is 25.8 Å². The molecule has 1 aliphatic heterocycles. The molecule has 0 aliphatic carbocycles. The second-order valence-electron chi connectivity index (χ2n) is 6.12. The Kier molecular flexibility index (Phi) is 6.04. The molecule has 0 saturated heterocycles. The highest BCUT2D eigenvalue weighted by Gasteiger charge is 2.22. The van der Waals surface area contributed by atoms with E-state index in [1.54, 1.807) is 12.1 Å². The van der Waals surface area contributed by atoms with E-state index in [2.05, 4.69) is 5.32 Å². The van der Waals surface area contributed by atoms with Crippen LogP contribution < -0.4 is 14.8 Å². The van der Waals surface area contributed by atoms with Gasteiger partial charge in [0.15, 0.2) is 0 Å². The van der Waals surface area contributed by atoms with E-state index in [-0.39, 0.29) is 17.8 Å². The van der Waals surface area contributed by atoms with Gasteiger partial charge >= 0.3 is 0 Å². The Morgan fingerprint density at radius 1 is 1.35 bits per heavy atom. The van der Waals surface area contributed by atoms with Gasteiger partial charge in [-0.25, -0.2) is 4.39 Å². The van der Waals surface area contributed by atoms with E-state index in [1.165, 1.54) is 23.9 Å². The van der Waals surface area contributed by atoms with Gasteiger partial charge in [-0.2, -0.15) is 0 Å². The second kappa shape index (κ2) is 8.45. The average Bonchev–Trinajstić information content (AvgIpc) is 2.96. The third kappa shape index (κ3) is 4.69. The summed E-state index contributed by atoms with van der Waals surface area (Å²) in [6.45, 7) is 4.46. The number of ether oxygens (including phenoxy) is 2. The number of carbonyl (C=O) groups excluding carboxylic acids is 1. The number of hydrogen-bond donors (Lipinski definition) is 1. The summed E-state index contributed by atoms with van der Waals surface area (Å²) in [6.07, 6.45) is 1.33. The van der Waals surface area contributed by atoms with Gasteiger partial charge in [0.1, 0.15) is 23.4 Å². The van der Waals surface area contributed by atoms with Crippen LogP contribution in [0.15, 0.2) is 41.3 Å². The van der Waals surface area contributed by atoms with Crippen molar-refractivity contribution in [3.05, 3.63) is 47.8 Å². The second-order valence-corrected chi connectivity index (χ2v) is 7.29. The van der Waals surface area contributed by atoms with Gasteiger partial charge in [-0.3, -0.25) is 4.79 Å². The first-order valence-corrected chi connectivity index (χ1v) is 9.68. The fourth-order valence-electron chi connectivity index (χ4n) is 2.82. The number of halogens is 1. The van der Waals surface area contributed by atoms with Gasteiger partial charge in [-0.05, 0) is 44.2 Å². The molecule has 26 heavy (non-hydrogen) atoms. The molecule has 0 spiro atoms. The van der Waals surface area contributed by atoms with Crippen LogP contribution in [0.4, 0.5) is 10.1 Å². The number of amides is 1. The van der Waals surface area contributed by atoms with Gasteiger partial charge in [0.25, 0.3) is 0 Å². The third-order valence-electron chi connectivity index (χ3n) is 3.98. The lowest BCUT2D eigenvalue weighted by Gasteiger charge is -2.13. The van der Waals surface area contributed by atoms with Gasteiger partial charge in [0, 0.05) is 35.1 Å². The van der Waals surface area contributed by atoms with Crippen LogP contribution in [0.25, 0.3) is 0 Å². The zero-order chi connectivity index (χ0) is 18.5. The number of hydrogen-bond acceptors (Lipinski definition) is 4. The van der Waals surface area contributed by atoms with Gasteiger partial charge in [-0.15, -0.1) is 11.8 Å². The fourth-order valence-corrected chi connectivity index (χ4v) is 3.67. The van der Waals surface area contributed by atoms with Crippen molar-refractivity contribution in [2.45, 2.75) is 37.7 Å². The maximum atomic E-state index is 12.9. The monoisotopic (exact) mass is 375 g/mol. The normalized spacial score (nSPS) is 15.3. The first-order chi connectivity index (χ1) is 12.5. The molecule has 1 unspecified atom stereocenters. The zero-order valence-electron chi connectivity index (χ0n) is 14.9. The molecule has 1 aliphatic rings. The summed E-state index contributed by atoms with van der Waals surface area (Å²) < 4.78 is 24.3. The van der Waals surface area contributed by atoms with E-state index in [4.69, 9.17) is 9.47 Å². The van der Waals surface area contributed by atoms with Crippen molar-refractivity contribution in [2.75, 3.05) is 17.7 Å². The topological polar surface area (TPSA) is 47.6 Å². The lowest BCUT2D eigenvalue weighted by Crippen LogP contribution is -2.13. The SMILES string of the molecule is CCOc1cc2c(cc1NC(=O)CCSc1ccc(F)cc1)OC(C)C2. The van der Waals surface area contributed by atoms with Crippen molar-refractivity contribution in [3.63, 3.8) is 0 Å². The standard InChI is InChI=1S/C20H22FNO3S/c1-3-24-19-11-14-10-13(2)25-18(14)12-17(19)22-20(23)8-9-26-16-6-4-15(21)5-7-16/h4-7,11-13H,3,8-10H2,1-2H3,(H,22,23). The minimum absolute atomic E-state index is 0.0911. The van der Waals surface area contributed by atoms with Crippen LogP contribution in [0, 0.1) is 5.82 Å². The smallest absolute Gasteiger partial charge is 0.225 e. The molecular formula is C20H22FNO3S. The number of thioether (sulfide) groups is 1. The molecule has 1 amide bonds. The Morgan fingerprint density at radius 3 is 2.85 bits per heavy atom. The lowest BCUT2D eigenvalue weighted by atomic mass is 10.1. The van der Waals surface area contributed by atoms with E-state index in [1.807, 2.05) is 26.0 Å². The molecule has 0 saturated carbocycles. The van der Waals surface area contributed by atoms with Gasteiger partial charge in [0.2, 0.25) is 5.91 Å². The Labute approximate surface area is 157 Å². The maximum absolute atomic E-state index is 12.9. The molecule has 4 nitrogen and oxygen atoms in total. The predicted molar refractivity (Wildman–Crippen MR) is 102 cm³/mol. The molecule has 0 bridgehead atoms. The minimum Gasteiger partial charge on any atom is -0.492 e. The number of anilines is 1. The number of carbonyl (C=O) groups is 1. The first kappa shape index (κ1) is 18.6. The zero-order valence-corrected chi connectivity index (χ0v) is 15.7. The van der Waals surface area contributed by atoms with E-state index < -0.39 is 0 Å². The molecule has 138 valence electrons. The highest BCUT2D eigenvalue weighted by Crippen LogP contribution is 2.38. The number of nitrogens with one attached hydrogen (secondary N) is 1. The van der Waals surface area contributed by atoms with Gasteiger partial charge in [-0.1, -0.05) is 0 Å². The molecule has 3 rings (SSSR count). The first-order valence-electron chi connectivity index (χ1n) is 8.69. The van der Waals surface area contributed by atoms with E-state index in [0.717, 1.165) is 22.6 Å². The van der Waals surface area contributed by atoms with E-state index >= 15 is 0 Å². The number of benzene rings is 2. The quantitative estimate of drug-likeness (QED) is 0.715. The summed E-state index contributed by atoms with van der Waals surface area (Å²) in [5.74, 6) is 1.73. The summed E-state index contributed by atoms with van der Waals surface area (Å²) in [4.78, 5) is 13.2. The Bertz CT molecular complexity index is 779. The van der Waals surface area contributed by atoms with Crippen molar-refractivity contribution >= 4 is 23.4 Å². The van der Waals surface area contributed by atoms with E-state index in [0.29, 0.717) is 30.2 Å². The molecule has 1 atom stereocenters. The molecule has 2 aromatic carbocycles. The molecule has 2 aromatic rings. The van der Waals surface area contributed by atoms with Crippen molar-refractivity contribution in [1.82, 2.24) is 0 Å². The number of fused-ring (bicyclic) bond motifs is 1. The maximum Gasteiger partial charge on any atom is 0.225 e. The summed E-state index contributed by atoms with van der Waals surface area (Å²) in [5.41, 5.74) is 1.74. The van der Waals surface area contributed by atoms with Crippen molar-refractivity contribution in [1.29, 1.82) is 0 Å². The molecular weight excluding hydrogens is 353 g/mol. The Morgan fingerprint density at radius 2 is 2.12 bits per heavy atom. The van der Waals surface area contributed by atoms with Crippen LogP contribution in [0.2, 0.25) is 0 Å². The Balaban J connectivity index is 1.59. The van der Waals surface area contributed by atoms with E-state index in [9.17, 15) is 9.18 Å². The van der Waals surface area contributed by atoms with Crippen molar-refractivity contribution in [3.8, 4) is 11.5 Å². The van der Waals surface area contributed by atoms with Crippen LogP contribution in [0.5, 0.6) is 11.5 Å². The largest absolute Gasteiger partial charge is 0.492 e. The highest BCUT2D eigenvalue weighted by atomic mass is 32.2. The molecule has 1 heterocycles. The molecule has 6 heteroatoms. The summed E-state index contributed by atoms with van der Waals surface area (Å²) in [7, 11) is 0. The fraction of sp³-hybridized carbons (Fsp3) is 0.350.